The fourth-order valence-electron chi connectivity index (χ4n) is 2.53. The average molecular weight is 514 g/mol. The lowest BCUT2D eigenvalue weighted by Gasteiger charge is -2.23. The minimum absolute atomic E-state index is 0. The number of likely N-dealkylation sites (N-methyl/N-ethyl adjacent to an activating group) is 1. The van der Waals surface area contributed by atoms with E-state index in [0.29, 0.717) is 19.0 Å². The van der Waals surface area contributed by atoms with E-state index < -0.39 is 5.82 Å². The van der Waals surface area contributed by atoms with Crippen molar-refractivity contribution in [1.29, 1.82) is 0 Å². The molecule has 0 unspecified atom stereocenters. The molecule has 0 aliphatic heterocycles. The average Bonchev–Trinajstić information content (AvgIpc) is 2.68. The number of rotatable bonds is 7. The van der Waals surface area contributed by atoms with Gasteiger partial charge >= 0.3 is 0 Å². The van der Waals surface area contributed by atoms with Crippen molar-refractivity contribution in [3.8, 4) is 5.75 Å². The van der Waals surface area contributed by atoms with Crippen LogP contribution in [-0.4, -0.2) is 56.5 Å². The van der Waals surface area contributed by atoms with E-state index in [2.05, 4.69) is 10.3 Å². The largest absolute Gasteiger partial charge is 0.494 e. The summed E-state index contributed by atoms with van der Waals surface area (Å²) < 4.78 is 18.9. The van der Waals surface area contributed by atoms with Gasteiger partial charge in [-0.2, -0.15) is 0 Å². The van der Waals surface area contributed by atoms with Gasteiger partial charge in [-0.1, -0.05) is 36.4 Å². The van der Waals surface area contributed by atoms with Gasteiger partial charge in [0.05, 0.1) is 20.2 Å². The summed E-state index contributed by atoms with van der Waals surface area (Å²) in [7, 11) is 6.69. The highest BCUT2D eigenvalue weighted by molar-refractivity contribution is 14.0. The third-order valence-corrected chi connectivity index (χ3v) is 4.15. The molecule has 158 valence electrons. The van der Waals surface area contributed by atoms with E-state index in [0.717, 1.165) is 11.1 Å². The predicted octanol–water partition coefficient (Wildman–Crippen LogP) is 3.12. The number of benzene rings is 2. The van der Waals surface area contributed by atoms with Crippen LogP contribution in [0.3, 0.4) is 0 Å². The van der Waals surface area contributed by atoms with Crippen molar-refractivity contribution in [2.75, 3.05) is 34.8 Å². The first-order chi connectivity index (χ1) is 13.4. The van der Waals surface area contributed by atoms with Crippen LogP contribution in [0.5, 0.6) is 5.75 Å². The number of guanidine groups is 1. The number of aliphatic imine (C=N–C) groups is 1. The summed E-state index contributed by atoms with van der Waals surface area (Å²) in [5.41, 5.74) is 1.83. The molecule has 0 aliphatic carbocycles. The SMILES string of the molecule is COc1ccc(CN(C)C(=NCc2ccccc2)NCC(=O)N(C)C)cc1F.I. The number of amides is 1. The Morgan fingerprint density at radius 2 is 1.79 bits per heavy atom. The summed E-state index contributed by atoms with van der Waals surface area (Å²) in [6, 6.07) is 14.7. The van der Waals surface area contributed by atoms with Crippen LogP contribution in [0.2, 0.25) is 0 Å². The second kappa shape index (κ2) is 12.3. The van der Waals surface area contributed by atoms with Crippen LogP contribution in [0.15, 0.2) is 53.5 Å². The normalized spacial score (nSPS) is 10.7. The molecule has 0 heterocycles. The molecule has 0 fully saturated rings. The Balaban J connectivity index is 0.00000420. The van der Waals surface area contributed by atoms with Crippen LogP contribution in [0, 0.1) is 5.82 Å². The van der Waals surface area contributed by atoms with E-state index in [4.69, 9.17) is 4.74 Å². The van der Waals surface area contributed by atoms with Gasteiger partial charge in [-0.25, -0.2) is 9.38 Å². The number of methoxy groups -OCH3 is 1. The van der Waals surface area contributed by atoms with Gasteiger partial charge in [0.1, 0.15) is 0 Å². The van der Waals surface area contributed by atoms with E-state index in [1.165, 1.54) is 18.1 Å². The van der Waals surface area contributed by atoms with Crippen LogP contribution in [0.25, 0.3) is 0 Å². The van der Waals surface area contributed by atoms with Crippen LogP contribution in [0.4, 0.5) is 4.39 Å². The Kier molecular flexibility index (Phi) is 10.4. The molecule has 2 rings (SSSR count). The molecule has 2 aromatic rings. The molecular weight excluding hydrogens is 486 g/mol. The minimum Gasteiger partial charge on any atom is -0.494 e. The molecule has 0 spiro atoms. The molecule has 0 radical (unpaired) electrons. The lowest BCUT2D eigenvalue weighted by atomic mass is 10.2. The van der Waals surface area contributed by atoms with Gasteiger partial charge in [0.2, 0.25) is 5.91 Å². The van der Waals surface area contributed by atoms with Gasteiger partial charge in [-0.05, 0) is 23.3 Å². The van der Waals surface area contributed by atoms with Gasteiger partial charge in [-0.3, -0.25) is 4.79 Å². The summed E-state index contributed by atoms with van der Waals surface area (Å²) in [6.45, 7) is 1.03. The molecule has 0 atom stereocenters. The lowest BCUT2D eigenvalue weighted by molar-refractivity contribution is -0.127. The summed E-state index contributed by atoms with van der Waals surface area (Å²) in [5, 5.41) is 3.09. The number of nitrogens with one attached hydrogen (secondary N) is 1. The van der Waals surface area contributed by atoms with E-state index >= 15 is 0 Å². The number of halogens is 2. The zero-order valence-electron chi connectivity index (χ0n) is 17.2. The number of carbonyl (C=O) groups excluding carboxylic acids is 1. The zero-order chi connectivity index (χ0) is 20.5. The van der Waals surface area contributed by atoms with Gasteiger partial charge in [0, 0.05) is 27.7 Å². The summed E-state index contributed by atoms with van der Waals surface area (Å²) in [4.78, 5) is 19.9. The van der Waals surface area contributed by atoms with Gasteiger partial charge in [-0.15, -0.1) is 24.0 Å². The van der Waals surface area contributed by atoms with E-state index in [9.17, 15) is 9.18 Å². The number of hydrogen-bond donors (Lipinski definition) is 1. The molecule has 0 bridgehead atoms. The molecular formula is C21H28FIN4O2. The van der Waals surface area contributed by atoms with Gasteiger partial charge in [0.25, 0.3) is 0 Å². The molecule has 0 saturated heterocycles. The maximum Gasteiger partial charge on any atom is 0.241 e. The van der Waals surface area contributed by atoms with Crippen molar-refractivity contribution >= 4 is 35.8 Å². The third-order valence-electron chi connectivity index (χ3n) is 4.15. The topological polar surface area (TPSA) is 57.2 Å². The standard InChI is InChI=1S/C21H27FN4O2.HI/c1-25(2)20(27)14-24-21(23-13-16-8-6-5-7-9-16)26(3)15-17-10-11-19(28-4)18(22)12-17;/h5-12H,13-15H2,1-4H3,(H,23,24);1H. The van der Waals surface area contributed by atoms with Gasteiger partial charge < -0.3 is 19.9 Å². The monoisotopic (exact) mass is 514 g/mol. The first-order valence-electron chi connectivity index (χ1n) is 8.96. The van der Waals surface area contributed by atoms with Crippen molar-refractivity contribution in [3.63, 3.8) is 0 Å². The highest BCUT2D eigenvalue weighted by atomic mass is 127. The smallest absolute Gasteiger partial charge is 0.241 e. The first kappa shape index (κ1) is 24.7. The molecule has 0 aromatic heterocycles. The molecule has 1 N–H and O–H groups in total. The Bertz CT molecular complexity index is 816. The zero-order valence-corrected chi connectivity index (χ0v) is 19.5. The Labute approximate surface area is 188 Å². The second-order valence-corrected chi connectivity index (χ2v) is 6.59. The molecule has 1 amide bonds. The molecule has 2 aromatic carbocycles. The number of ether oxygens (including phenoxy) is 1. The minimum atomic E-state index is -0.410. The summed E-state index contributed by atoms with van der Waals surface area (Å²) >= 11 is 0. The third kappa shape index (κ3) is 7.88. The van der Waals surface area contributed by atoms with Crippen LogP contribution in [-0.2, 0) is 17.9 Å². The number of hydrogen-bond acceptors (Lipinski definition) is 3. The fourth-order valence-corrected chi connectivity index (χ4v) is 2.53. The Hall–Kier alpha value is -2.36. The molecule has 0 saturated carbocycles. The highest BCUT2D eigenvalue weighted by Gasteiger charge is 2.12. The first-order valence-corrected chi connectivity index (χ1v) is 8.96. The number of nitrogens with zero attached hydrogens (tertiary/aromatic N) is 3. The molecule has 0 aliphatic rings. The highest BCUT2D eigenvalue weighted by Crippen LogP contribution is 2.18. The Morgan fingerprint density at radius 3 is 2.38 bits per heavy atom. The van der Waals surface area contributed by atoms with E-state index in [-0.39, 0.29) is 42.2 Å². The van der Waals surface area contributed by atoms with Crippen molar-refractivity contribution < 1.29 is 13.9 Å². The van der Waals surface area contributed by atoms with E-state index in [1.54, 1.807) is 26.2 Å². The molecule has 6 nitrogen and oxygen atoms in total. The summed E-state index contributed by atoms with van der Waals surface area (Å²) in [5.74, 6) is 0.303. The molecule has 8 heteroatoms. The number of carbonyl (C=O) groups is 1. The van der Waals surface area contributed by atoms with Crippen LogP contribution >= 0.6 is 24.0 Å². The molecule has 29 heavy (non-hydrogen) atoms. The van der Waals surface area contributed by atoms with Crippen molar-refractivity contribution in [3.05, 3.63) is 65.5 Å². The van der Waals surface area contributed by atoms with Crippen molar-refractivity contribution in [2.24, 2.45) is 4.99 Å². The van der Waals surface area contributed by atoms with Gasteiger partial charge in [0.15, 0.2) is 17.5 Å². The van der Waals surface area contributed by atoms with Crippen LogP contribution < -0.4 is 10.1 Å². The quantitative estimate of drug-likeness (QED) is 0.351. The second-order valence-electron chi connectivity index (χ2n) is 6.59. The Morgan fingerprint density at radius 1 is 1.10 bits per heavy atom. The van der Waals surface area contributed by atoms with Crippen molar-refractivity contribution in [1.82, 2.24) is 15.1 Å². The maximum atomic E-state index is 14.0. The lowest BCUT2D eigenvalue weighted by Crippen LogP contribution is -2.43. The maximum absolute atomic E-state index is 14.0. The van der Waals surface area contributed by atoms with Crippen LogP contribution in [0.1, 0.15) is 11.1 Å². The van der Waals surface area contributed by atoms with E-state index in [1.807, 2.05) is 42.3 Å². The predicted molar refractivity (Wildman–Crippen MR) is 124 cm³/mol. The summed E-state index contributed by atoms with van der Waals surface area (Å²) in [6.07, 6.45) is 0. The fraction of sp³-hybridized carbons (Fsp3) is 0.333. The van der Waals surface area contributed by atoms with Crippen molar-refractivity contribution in [2.45, 2.75) is 13.1 Å².